The Kier molecular flexibility index (Phi) is 5.66. The van der Waals surface area contributed by atoms with Gasteiger partial charge in [-0.05, 0) is 68.1 Å². The summed E-state index contributed by atoms with van der Waals surface area (Å²) in [5.74, 6) is -0.0505. The summed E-state index contributed by atoms with van der Waals surface area (Å²) in [4.78, 5) is 25.4. The number of rotatable bonds is 5. The second kappa shape index (κ2) is 7.98. The zero-order valence-corrected chi connectivity index (χ0v) is 17.1. The van der Waals surface area contributed by atoms with Crippen LogP contribution in [0.2, 0.25) is 0 Å². The van der Waals surface area contributed by atoms with Gasteiger partial charge in [0.1, 0.15) is 12.1 Å². The minimum absolute atomic E-state index is 0.0505. The SMILES string of the molecule is Cc1cc2oc(=O)cc(C[NH+](C)CC(=O)Nc3cccc(C)c3C)c2cc1C. The van der Waals surface area contributed by atoms with E-state index in [2.05, 4.69) is 5.32 Å². The van der Waals surface area contributed by atoms with Crippen molar-refractivity contribution in [1.29, 1.82) is 0 Å². The highest BCUT2D eigenvalue weighted by Gasteiger charge is 2.15. The Morgan fingerprint density at radius 3 is 2.50 bits per heavy atom. The number of nitrogens with one attached hydrogen (secondary N) is 2. The molecule has 1 heterocycles. The minimum Gasteiger partial charge on any atom is -0.423 e. The summed E-state index contributed by atoms with van der Waals surface area (Å²) in [5.41, 5.74) is 6.42. The van der Waals surface area contributed by atoms with E-state index in [0.717, 1.165) is 43.8 Å². The van der Waals surface area contributed by atoms with Crippen molar-refractivity contribution in [1.82, 2.24) is 0 Å². The Hall–Kier alpha value is -2.92. The molecule has 0 spiro atoms. The van der Waals surface area contributed by atoms with Gasteiger partial charge < -0.3 is 14.6 Å². The molecule has 3 rings (SSSR count). The van der Waals surface area contributed by atoms with Gasteiger partial charge in [0.15, 0.2) is 6.54 Å². The van der Waals surface area contributed by atoms with Gasteiger partial charge in [-0.15, -0.1) is 0 Å². The minimum atomic E-state index is -0.363. The zero-order chi connectivity index (χ0) is 20.4. The van der Waals surface area contributed by atoms with Crippen molar-refractivity contribution in [3.63, 3.8) is 0 Å². The van der Waals surface area contributed by atoms with E-state index < -0.39 is 0 Å². The molecule has 0 saturated heterocycles. The molecule has 0 radical (unpaired) electrons. The number of fused-ring (bicyclic) bond motifs is 1. The standard InChI is InChI=1S/C23H26N2O3/c1-14-7-6-8-20(17(14)4)24-22(26)13-25(5)12-18-11-23(27)28-21-10-16(3)15(2)9-19(18)21/h6-11H,12-13H2,1-5H3,(H,24,26)/p+1. The van der Waals surface area contributed by atoms with E-state index in [9.17, 15) is 9.59 Å². The molecule has 1 aromatic heterocycles. The number of aryl methyl sites for hydroxylation is 3. The molecule has 3 aromatic rings. The molecule has 2 N–H and O–H groups in total. The third kappa shape index (κ3) is 4.31. The van der Waals surface area contributed by atoms with E-state index in [4.69, 9.17) is 4.42 Å². The van der Waals surface area contributed by atoms with Crippen LogP contribution in [0.15, 0.2) is 45.6 Å². The van der Waals surface area contributed by atoms with Crippen LogP contribution in [0.1, 0.15) is 27.8 Å². The monoisotopic (exact) mass is 379 g/mol. The molecule has 0 saturated carbocycles. The number of likely N-dealkylation sites (N-methyl/N-ethyl adjacent to an activating group) is 1. The fourth-order valence-electron chi connectivity index (χ4n) is 3.37. The van der Waals surface area contributed by atoms with Gasteiger partial charge in [0.2, 0.25) is 0 Å². The van der Waals surface area contributed by atoms with Gasteiger partial charge in [0.25, 0.3) is 5.91 Å². The normalized spacial score (nSPS) is 12.2. The van der Waals surface area contributed by atoms with E-state index >= 15 is 0 Å². The third-order valence-corrected chi connectivity index (χ3v) is 5.28. The number of benzene rings is 2. The summed E-state index contributed by atoms with van der Waals surface area (Å²) in [6.45, 7) is 8.93. The molecule has 0 aliphatic rings. The van der Waals surface area contributed by atoms with Crippen LogP contribution in [-0.4, -0.2) is 19.5 Å². The number of carbonyl (C=O) groups excluding carboxylic acids is 1. The van der Waals surface area contributed by atoms with Gasteiger partial charge in [-0.1, -0.05) is 12.1 Å². The van der Waals surface area contributed by atoms with Gasteiger partial charge in [0, 0.05) is 22.7 Å². The maximum atomic E-state index is 12.5. The molecule has 0 aliphatic carbocycles. The Morgan fingerprint density at radius 2 is 1.75 bits per heavy atom. The molecule has 0 bridgehead atoms. The van der Waals surface area contributed by atoms with Crippen LogP contribution in [0.5, 0.6) is 0 Å². The topological polar surface area (TPSA) is 63.8 Å². The van der Waals surface area contributed by atoms with E-state index in [1.807, 2.05) is 65.1 Å². The number of carbonyl (C=O) groups is 1. The average Bonchev–Trinajstić information content (AvgIpc) is 2.60. The highest BCUT2D eigenvalue weighted by Crippen LogP contribution is 2.21. The number of anilines is 1. The molecule has 28 heavy (non-hydrogen) atoms. The van der Waals surface area contributed by atoms with Gasteiger partial charge >= 0.3 is 5.63 Å². The van der Waals surface area contributed by atoms with Crippen LogP contribution < -0.4 is 15.8 Å². The predicted octanol–water partition coefficient (Wildman–Crippen LogP) is 2.68. The lowest BCUT2D eigenvalue weighted by Gasteiger charge is -2.16. The fraction of sp³-hybridized carbons (Fsp3) is 0.304. The van der Waals surface area contributed by atoms with Crippen molar-refractivity contribution in [2.45, 2.75) is 34.2 Å². The van der Waals surface area contributed by atoms with E-state index in [-0.39, 0.29) is 11.5 Å². The van der Waals surface area contributed by atoms with Crippen molar-refractivity contribution < 1.29 is 14.1 Å². The molecular formula is C23H27N2O3+. The molecule has 5 nitrogen and oxygen atoms in total. The lowest BCUT2D eigenvalue weighted by molar-refractivity contribution is -0.885. The first-order chi connectivity index (χ1) is 13.2. The number of hydrogen-bond acceptors (Lipinski definition) is 3. The third-order valence-electron chi connectivity index (χ3n) is 5.28. The van der Waals surface area contributed by atoms with Crippen molar-refractivity contribution in [3.05, 3.63) is 74.6 Å². The first kappa shape index (κ1) is 19.8. The van der Waals surface area contributed by atoms with Gasteiger partial charge in [0.05, 0.1) is 7.05 Å². The summed E-state index contributed by atoms with van der Waals surface area (Å²) in [6, 6.07) is 11.4. The smallest absolute Gasteiger partial charge is 0.336 e. The van der Waals surface area contributed by atoms with Crippen LogP contribution >= 0.6 is 0 Å². The Labute approximate surface area is 165 Å². The second-order valence-electron chi connectivity index (χ2n) is 7.63. The molecule has 5 heteroatoms. The molecule has 0 fully saturated rings. The summed E-state index contributed by atoms with van der Waals surface area (Å²) < 4.78 is 5.36. The summed E-state index contributed by atoms with van der Waals surface area (Å²) in [7, 11) is 1.95. The van der Waals surface area contributed by atoms with Crippen molar-refractivity contribution in [2.24, 2.45) is 0 Å². The molecule has 1 amide bonds. The van der Waals surface area contributed by atoms with Crippen molar-refractivity contribution >= 4 is 22.6 Å². The molecular weight excluding hydrogens is 352 g/mol. The maximum Gasteiger partial charge on any atom is 0.336 e. The van der Waals surface area contributed by atoms with Crippen LogP contribution in [0.3, 0.4) is 0 Å². The number of hydrogen-bond donors (Lipinski definition) is 2. The lowest BCUT2D eigenvalue weighted by Crippen LogP contribution is -3.08. The zero-order valence-electron chi connectivity index (χ0n) is 17.1. The first-order valence-electron chi connectivity index (χ1n) is 9.46. The highest BCUT2D eigenvalue weighted by molar-refractivity contribution is 5.92. The molecule has 1 atom stereocenters. The molecule has 1 unspecified atom stereocenters. The summed E-state index contributed by atoms with van der Waals surface area (Å²) in [5, 5.41) is 3.92. The number of amides is 1. The molecule has 0 aliphatic heterocycles. The van der Waals surface area contributed by atoms with Gasteiger partial charge in [-0.2, -0.15) is 0 Å². The van der Waals surface area contributed by atoms with E-state index in [1.165, 1.54) is 6.07 Å². The summed E-state index contributed by atoms with van der Waals surface area (Å²) >= 11 is 0. The van der Waals surface area contributed by atoms with Crippen molar-refractivity contribution in [3.8, 4) is 0 Å². The lowest BCUT2D eigenvalue weighted by atomic mass is 10.0. The maximum absolute atomic E-state index is 12.5. The second-order valence-corrected chi connectivity index (χ2v) is 7.63. The van der Waals surface area contributed by atoms with Crippen LogP contribution in [0.25, 0.3) is 11.0 Å². The van der Waals surface area contributed by atoms with Crippen LogP contribution in [0.4, 0.5) is 5.69 Å². The van der Waals surface area contributed by atoms with Gasteiger partial charge in [-0.25, -0.2) is 4.79 Å². The van der Waals surface area contributed by atoms with Crippen LogP contribution in [0, 0.1) is 27.7 Å². The fourth-order valence-corrected chi connectivity index (χ4v) is 3.37. The predicted molar refractivity (Wildman–Crippen MR) is 112 cm³/mol. The first-order valence-corrected chi connectivity index (χ1v) is 9.46. The Morgan fingerprint density at radius 1 is 1.04 bits per heavy atom. The van der Waals surface area contributed by atoms with E-state index in [1.54, 1.807) is 0 Å². The largest absolute Gasteiger partial charge is 0.423 e. The average molecular weight is 379 g/mol. The molecule has 2 aromatic carbocycles. The van der Waals surface area contributed by atoms with E-state index in [0.29, 0.717) is 18.7 Å². The van der Waals surface area contributed by atoms with Gasteiger partial charge in [-0.3, -0.25) is 4.79 Å². The summed E-state index contributed by atoms with van der Waals surface area (Å²) in [6.07, 6.45) is 0. The Balaban J connectivity index is 1.77. The molecule has 146 valence electrons. The Bertz CT molecular complexity index is 1100. The quantitative estimate of drug-likeness (QED) is 0.670. The van der Waals surface area contributed by atoms with Crippen molar-refractivity contribution in [2.75, 3.05) is 18.9 Å². The highest BCUT2D eigenvalue weighted by atomic mass is 16.4. The number of quaternary nitrogens is 1. The van der Waals surface area contributed by atoms with Crippen LogP contribution in [-0.2, 0) is 11.3 Å².